The topological polar surface area (TPSA) is 105 Å². The molecule has 0 bridgehead atoms. The molecule has 2 N–H and O–H groups in total. The van der Waals surface area contributed by atoms with E-state index in [1.54, 1.807) is 6.92 Å². The van der Waals surface area contributed by atoms with Gasteiger partial charge in [-0.3, -0.25) is 24.6 Å². The molecule has 0 spiro atoms. The van der Waals surface area contributed by atoms with Crippen molar-refractivity contribution in [1.82, 2.24) is 4.90 Å². The standard InChI is InChI=1S/C19H18F4N4O4/c1-2-26(10-17(28)24-14-6-4-3-5-13(14)19(21,22)23)11-18(29)25-15-8-7-12(20)9-16(15)27(30)31/h3-9H,2,10-11H2,1H3,(H,24,28)(H,25,29). The van der Waals surface area contributed by atoms with Gasteiger partial charge in [0.05, 0.1) is 35.3 Å². The van der Waals surface area contributed by atoms with Crippen molar-refractivity contribution < 1.29 is 32.1 Å². The molecular weight excluding hydrogens is 424 g/mol. The smallest absolute Gasteiger partial charge is 0.324 e. The predicted octanol–water partition coefficient (Wildman–Crippen LogP) is 3.65. The molecule has 0 unspecified atom stereocenters. The van der Waals surface area contributed by atoms with Gasteiger partial charge < -0.3 is 10.6 Å². The average Bonchev–Trinajstić information content (AvgIpc) is 2.68. The molecule has 2 aromatic rings. The molecule has 2 amide bonds. The summed E-state index contributed by atoms with van der Waals surface area (Å²) < 4.78 is 52.3. The zero-order valence-electron chi connectivity index (χ0n) is 16.2. The van der Waals surface area contributed by atoms with Crippen LogP contribution in [0.15, 0.2) is 42.5 Å². The number of nitro groups is 1. The third kappa shape index (κ3) is 6.74. The maximum atomic E-state index is 13.2. The summed E-state index contributed by atoms with van der Waals surface area (Å²) in [4.78, 5) is 35.9. The van der Waals surface area contributed by atoms with Crippen LogP contribution in [-0.2, 0) is 15.8 Å². The molecule has 0 aliphatic carbocycles. The van der Waals surface area contributed by atoms with Crippen LogP contribution in [0.25, 0.3) is 0 Å². The number of benzene rings is 2. The van der Waals surface area contributed by atoms with Crippen LogP contribution in [-0.4, -0.2) is 41.3 Å². The average molecular weight is 442 g/mol. The number of rotatable bonds is 8. The number of anilines is 2. The Morgan fingerprint density at radius 2 is 1.61 bits per heavy atom. The van der Waals surface area contributed by atoms with E-state index in [9.17, 15) is 37.3 Å². The SMILES string of the molecule is CCN(CC(=O)Nc1ccc(F)cc1[N+](=O)[O-])CC(=O)Nc1ccccc1C(F)(F)F. The van der Waals surface area contributed by atoms with Crippen molar-refractivity contribution in [2.24, 2.45) is 0 Å². The second kappa shape index (κ2) is 9.98. The monoisotopic (exact) mass is 442 g/mol. The summed E-state index contributed by atoms with van der Waals surface area (Å²) >= 11 is 0. The van der Waals surface area contributed by atoms with Crippen molar-refractivity contribution >= 4 is 28.9 Å². The van der Waals surface area contributed by atoms with E-state index >= 15 is 0 Å². The van der Waals surface area contributed by atoms with E-state index in [0.29, 0.717) is 6.07 Å². The minimum Gasteiger partial charge on any atom is -0.324 e. The van der Waals surface area contributed by atoms with Crippen molar-refractivity contribution in [1.29, 1.82) is 0 Å². The number of alkyl halides is 3. The third-order valence-corrected chi connectivity index (χ3v) is 4.12. The molecule has 0 fully saturated rings. The van der Waals surface area contributed by atoms with Gasteiger partial charge in [-0.1, -0.05) is 19.1 Å². The number of halogens is 4. The number of likely N-dealkylation sites (N-methyl/N-ethyl adjacent to an activating group) is 1. The van der Waals surface area contributed by atoms with E-state index in [0.717, 1.165) is 24.3 Å². The lowest BCUT2D eigenvalue weighted by atomic mass is 10.1. The Kier molecular flexibility index (Phi) is 7.64. The molecule has 12 heteroatoms. The van der Waals surface area contributed by atoms with Gasteiger partial charge in [-0.05, 0) is 30.8 Å². The van der Waals surface area contributed by atoms with E-state index in [-0.39, 0.29) is 18.8 Å². The van der Waals surface area contributed by atoms with Gasteiger partial charge in [0.1, 0.15) is 11.5 Å². The first-order chi connectivity index (χ1) is 14.5. The van der Waals surface area contributed by atoms with Crippen LogP contribution in [0.3, 0.4) is 0 Å². The molecule has 0 aromatic heterocycles. The van der Waals surface area contributed by atoms with Crippen LogP contribution in [0.4, 0.5) is 34.6 Å². The molecule has 166 valence electrons. The number of nitrogens with one attached hydrogen (secondary N) is 2. The summed E-state index contributed by atoms with van der Waals surface area (Å²) in [5, 5.41) is 15.4. The fourth-order valence-corrected chi connectivity index (χ4v) is 2.67. The van der Waals surface area contributed by atoms with Crippen LogP contribution < -0.4 is 10.6 Å². The molecule has 31 heavy (non-hydrogen) atoms. The van der Waals surface area contributed by atoms with Gasteiger partial charge >= 0.3 is 6.18 Å². The number of amides is 2. The minimum atomic E-state index is -4.65. The summed E-state index contributed by atoms with van der Waals surface area (Å²) in [7, 11) is 0. The van der Waals surface area contributed by atoms with Crippen LogP contribution in [0, 0.1) is 15.9 Å². The summed E-state index contributed by atoms with van der Waals surface area (Å²) in [6.07, 6.45) is -4.65. The molecule has 0 radical (unpaired) electrons. The number of carbonyl (C=O) groups excluding carboxylic acids is 2. The Balaban J connectivity index is 2.02. The summed E-state index contributed by atoms with van der Waals surface area (Å²) in [5.74, 6) is -2.35. The second-order valence-electron chi connectivity index (χ2n) is 6.36. The number of nitrogens with zero attached hydrogens (tertiary/aromatic N) is 2. The summed E-state index contributed by atoms with van der Waals surface area (Å²) in [6.45, 7) is 1.03. The third-order valence-electron chi connectivity index (χ3n) is 4.12. The predicted molar refractivity (Wildman–Crippen MR) is 104 cm³/mol. The van der Waals surface area contributed by atoms with E-state index in [4.69, 9.17) is 0 Å². The van der Waals surface area contributed by atoms with E-state index < -0.39 is 52.2 Å². The Bertz CT molecular complexity index is 982. The summed E-state index contributed by atoms with van der Waals surface area (Å²) in [5.41, 5.74) is -2.29. The number of hydrogen-bond acceptors (Lipinski definition) is 5. The van der Waals surface area contributed by atoms with Crippen LogP contribution in [0.2, 0.25) is 0 Å². The fraction of sp³-hybridized carbons (Fsp3) is 0.263. The normalized spacial score (nSPS) is 11.3. The highest BCUT2D eigenvalue weighted by Gasteiger charge is 2.33. The van der Waals surface area contributed by atoms with Gasteiger partial charge in [-0.2, -0.15) is 13.2 Å². The molecule has 0 aliphatic rings. The lowest BCUT2D eigenvalue weighted by Gasteiger charge is -2.20. The van der Waals surface area contributed by atoms with Crippen molar-refractivity contribution in [2.75, 3.05) is 30.3 Å². The molecule has 0 atom stereocenters. The maximum absolute atomic E-state index is 13.2. The van der Waals surface area contributed by atoms with Gasteiger partial charge in [0, 0.05) is 0 Å². The van der Waals surface area contributed by atoms with Gasteiger partial charge in [0.15, 0.2) is 0 Å². The highest BCUT2D eigenvalue weighted by atomic mass is 19.4. The number of nitro benzene ring substituents is 1. The highest BCUT2D eigenvalue weighted by Crippen LogP contribution is 2.34. The Labute approximate surface area is 174 Å². The fourth-order valence-electron chi connectivity index (χ4n) is 2.67. The van der Waals surface area contributed by atoms with Gasteiger partial charge in [-0.15, -0.1) is 0 Å². The number of carbonyl (C=O) groups is 2. The van der Waals surface area contributed by atoms with Crippen LogP contribution >= 0.6 is 0 Å². The number of para-hydroxylation sites is 1. The molecule has 0 aliphatic heterocycles. The van der Waals surface area contributed by atoms with Crippen molar-refractivity contribution in [3.63, 3.8) is 0 Å². The second-order valence-corrected chi connectivity index (χ2v) is 6.36. The van der Waals surface area contributed by atoms with E-state index in [1.807, 2.05) is 0 Å². The van der Waals surface area contributed by atoms with Crippen molar-refractivity contribution in [3.8, 4) is 0 Å². The van der Waals surface area contributed by atoms with Crippen LogP contribution in [0.5, 0.6) is 0 Å². The molecule has 0 saturated carbocycles. The van der Waals surface area contributed by atoms with Gasteiger partial charge in [0.25, 0.3) is 5.69 Å². The molecule has 2 aromatic carbocycles. The first-order valence-electron chi connectivity index (χ1n) is 8.93. The molecule has 8 nitrogen and oxygen atoms in total. The lowest BCUT2D eigenvalue weighted by Crippen LogP contribution is -2.39. The molecule has 0 saturated heterocycles. The minimum absolute atomic E-state index is 0.188. The van der Waals surface area contributed by atoms with E-state index in [1.165, 1.54) is 17.0 Å². The Morgan fingerprint density at radius 3 is 2.16 bits per heavy atom. The Morgan fingerprint density at radius 1 is 1.03 bits per heavy atom. The van der Waals surface area contributed by atoms with Gasteiger partial charge in [0.2, 0.25) is 11.8 Å². The summed E-state index contributed by atoms with van der Waals surface area (Å²) in [6, 6.07) is 7.09. The maximum Gasteiger partial charge on any atom is 0.418 e. The van der Waals surface area contributed by atoms with Crippen molar-refractivity contribution in [3.05, 3.63) is 64.0 Å². The van der Waals surface area contributed by atoms with E-state index in [2.05, 4.69) is 10.6 Å². The van der Waals surface area contributed by atoms with Gasteiger partial charge in [-0.25, -0.2) is 4.39 Å². The molecular formula is C19H18F4N4O4. The van der Waals surface area contributed by atoms with Crippen LogP contribution in [0.1, 0.15) is 12.5 Å². The Hall–Kier alpha value is -3.54. The zero-order chi connectivity index (χ0) is 23.2. The largest absolute Gasteiger partial charge is 0.418 e. The molecule has 2 rings (SSSR count). The number of hydrogen-bond donors (Lipinski definition) is 2. The quantitative estimate of drug-likeness (QED) is 0.369. The first kappa shape index (κ1) is 23.7. The molecule has 0 heterocycles. The zero-order valence-corrected chi connectivity index (χ0v) is 16.2. The van der Waals surface area contributed by atoms with Crippen molar-refractivity contribution in [2.45, 2.75) is 13.1 Å². The lowest BCUT2D eigenvalue weighted by molar-refractivity contribution is -0.384. The highest BCUT2D eigenvalue weighted by molar-refractivity contribution is 5.96. The first-order valence-corrected chi connectivity index (χ1v) is 8.93.